The zero-order valence-corrected chi connectivity index (χ0v) is 18.0. The number of aryl methyl sites for hydroxylation is 3. The van der Waals surface area contributed by atoms with Gasteiger partial charge in [0.1, 0.15) is 17.1 Å². The summed E-state index contributed by atoms with van der Waals surface area (Å²) >= 11 is 0. The van der Waals surface area contributed by atoms with Crippen LogP contribution in [0.5, 0.6) is 11.7 Å². The number of carbonyl (C=O) groups is 1. The zero-order chi connectivity index (χ0) is 22.8. The first-order valence-corrected chi connectivity index (χ1v) is 10.1. The second-order valence-corrected chi connectivity index (χ2v) is 7.48. The van der Waals surface area contributed by atoms with Crippen LogP contribution in [-0.4, -0.2) is 31.6 Å². The maximum Gasteiger partial charge on any atom is 0.332 e. The van der Waals surface area contributed by atoms with Crippen molar-refractivity contribution in [3.63, 3.8) is 0 Å². The van der Waals surface area contributed by atoms with Crippen molar-refractivity contribution >= 4 is 17.1 Å². The van der Waals surface area contributed by atoms with Gasteiger partial charge in [-0.05, 0) is 31.5 Å². The average Bonchev–Trinajstić information content (AvgIpc) is 3.43. The summed E-state index contributed by atoms with van der Waals surface area (Å²) in [5.74, 6) is 1.21. The number of hydrogen-bond donors (Lipinski definition) is 2. The number of furan rings is 1. The van der Waals surface area contributed by atoms with Gasteiger partial charge in [-0.2, -0.15) is 0 Å². The lowest BCUT2D eigenvalue weighted by Gasteiger charge is -2.03. The van der Waals surface area contributed by atoms with Crippen LogP contribution >= 0.6 is 0 Å². The van der Waals surface area contributed by atoms with E-state index in [0.29, 0.717) is 36.6 Å². The van der Waals surface area contributed by atoms with Gasteiger partial charge in [0.15, 0.2) is 11.4 Å². The fourth-order valence-electron chi connectivity index (χ4n) is 3.26. The van der Waals surface area contributed by atoms with E-state index in [1.165, 1.54) is 11.6 Å². The first-order valence-electron chi connectivity index (χ1n) is 10.1. The third-order valence-electron chi connectivity index (χ3n) is 5.06. The Morgan fingerprint density at radius 2 is 1.88 bits per heavy atom. The van der Waals surface area contributed by atoms with Gasteiger partial charge in [0.25, 0.3) is 17.4 Å². The number of hydrogen-bond acceptors (Lipinski definition) is 6. The van der Waals surface area contributed by atoms with E-state index >= 15 is 0 Å². The van der Waals surface area contributed by atoms with Crippen LogP contribution in [0.4, 0.5) is 0 Å². The number of amides is 1. The Labute approximate surface area is 182 Å². The van der Waals surface area contributed by atoms with Gasteiger partial charge >= 0.3 is 5.69 Å². The number of fused-ring (bicyclic) bond motifs is 1. The lowest BCUT2D eigenvalue weighted by molar-refractivity contribution is 0.0920. The number of H-pyrrole nitrogens is 1. The number of imidazole rings is 1. The van der Waals surface area contributed by atoms with Gasteiger partial charge in [0.2, 0.25) is 0 Å². The largest absolute Gasteiger partial charge is 0.426 e. The fourth-order valence-corrected chi connectivity index (χ4v) is 3.26. The van der Waals surface area contributed by atoms with E-state index in [-0.39, 0.29) is 23.1 Å². The molecule has 0 saturated heterocycles. The Balaban J connectivity index is 1.32. The van der Waals surface area contributed by atoms with Crippen LogP contribution in [-0.2, 0) is 20.5 Å². The van der Waals surface area contributed by atoms with Gasteiger partial charge < -0.3 is 19.5 Å². The topological polar surface area (TPSA) is 124 Å². The van der Waals surface area contributed by atoms with Crippen LogP contribution in [0, 0.1) is 6.92 Å². The summed E-state index contributed by atoms with van der Waals surface area (Å²) in [4.78, 5) is 43.9. The van der Waals surface area contributed by atoms with E-state index in [9.17, 15) is 14.4 Å². The summed E-state index contributed by atoms with van der Waals surface area (Å²) in [6, 6.07) is 10.6. The molecular weight excluding hydrogens is 414 g/mol. The van der Waals surface area contributed by atoms with Gasteiger partial charge in [-0.3, -0.25) is 18.7 Å². The molecule has 0 aliphatic rings. The molecule has 2 N–H and O–H groups in total. The highest BCUT2D eigenvalue weighted by Crippen LogP contribution is 2.24. The van der Waals surface area contributed by atoms with Crippen LogP contribution in [0.25, 0.3) is 11.2 Å². The molecule has 0 aliphatic carbocycles. The minimum atomic E-state index is -0.433. The van der Waals surface area contributed by atoms with Gasteiger partial charge in [-0.1, -0.05) is 17.7 Å². The van der Waals surface area contributed by atoms with Crippen molar-refractivity contribution in [1.82, 2.24) is 24.4 Å². The van der Waals surface area contributed by atoms with Crippen molar-refractivity contribution in [2.24, 2.45) is 14.1 Å². The van der Waals surface area contributed by atoms with Crippen LogP contribution < -0.4 is 21.3 Å². The fraction of sp³-hybridized carbons (Fsp3) is 0.273. The van der Waals surface area contributed by atoms with Gasteiger partial charge in [-0.25, -0.2) is 9.78 Å². The monoisotopic (exact) mass is 437 g/mol. The highest BCUT2D eigenvalue weighted by atomic mass is 16.6. The van der Waals surface area contributed by atoms with Crippen LogP contribution in [0.1, 0.15) is 28.4 Å². The number of aromatic amines is 1. The third kappa shape index (κ3) is 4.20. The van der Waals surface area contributed by atoms with Crippen LogP contribution in [0.15, 0.2) is 50.4 Å². The molecule has 10 nitrogen and oxygen atoms in total. The number of carbonyl (C=O) groups excluding carboxylic acids is 1. The summed E-state index contributed by atoms with van der Waals surface area (Å²) in [5, 5.41) is 2.78. The average molecular weight is 437 g/mol. The second-order valence-electron chi connectivity index (χ2n) is 7.48. The Morgan fingerprint density at radius 1 is 1.12 bits per heavy atom. The molecule has 0 atom stereocenters. The lowest BCUT2D eigenvalue weighted by atomic mass is 10.2. The van der Waals surface area contributed by atoms with Gasteiger partial charge in [-0.15, -0.1) is 0 Å². The summed E-state index contributed by atoms with van der Waals surface area (Å²) in [7, 11) is 2.99. The number of aromatic nitrogens is 4. The van der Waals surface area contributed by atoms with E-state index < -0.39 is 11.2 Å². The normalized spacial score (nSPS) is 11.1. The summed E-state index contributed by atoms with van der Waals surface area (Å²) < 4.78 is 13.4. The third-order valence-corrected chi connectivity index (χ3v) is 5.06. The molecule has 0 spiro atoms. The first kappa shape index (κ1) is 21.2. The summed E-state index contributed by atoms with van der Waals surface area (Å²) in [6.07, 6.45) is 1.07. The molecule has 0 fully saturated rings. The van der Waals surface area contributed by atoms with E-state index in [1.807, 2.05) is 31.2 Å². The Kier molecular flexibility index (Phi) is 5.67. The molecule has 0 bridgehead atoms. The lowest BCUT2D eigenvalue weighted by Crippen LogP contribution is -2.36. The first-order chi connectivity index (χ1) is 15.3. The number of nitrogens with zero attached hydrogens (tertiary/aromatic N) is 3. The van der Waals surface area contributed by atoms with Crippen molar-refractivity contribution in [2.75, 3.05) is 6.54 Å². The minimum Gasteiger partial charge on any atom is -0.426 e. The Morgan fingerprint density at radius 3 is 2.62 bits per heavy atom. The molecular formula is C22H23N5O5. The molecule has 3 heterocycles. The molecule has 10 heteroatoms. The van der Waals surface area contributed by atoms with E-state index in [0.717, 1.165) is 10.1 Å². The standard InChI is InChI=1S/C22H23N5O5/c1-13-6-8-14(9-7-13)31-17-11-10-15(32-17)20(28)23-12-4-5-16-24-18-19(25-16)26(2)22(30)27(3)21(18)29/h6-11H,4-5,12H2,1-3H3,(H,23,28)(H,24,25). The molecule has 0 unspecified atom stereocenters. The van der Waals surface area contributed by atoms with Crippen LogP contribution in [0.3, 0.4) is 0 Å². The summed E-state index contributed by atoms with van der Waals surface area (Å²) in [6.45, 7) is 2.36. The van der Waals surface area contributed by atoms with Crippen molar-refractivity contribution < 1.29 is 13.9 Å². The molecule has 1 amide bonds. The van der Waals surface area contributed by atoms with Crippen LogP contribution in [0.2, 0.25) is 0 Å². The summed E-state index contributed by atoms with van der Waals surface area (Å²) in [5.41, 5.74) is 0.860. The number of ether oxygens (including phenoxy) is 1. The van der Waals surface area contributed by atoms with E-state index in [4.69, 9.17) is 9.15 Å². The Bertz CT molecular complexity index is 1390. The molecule has 0 saturated carbocycles. The van der Waals surface area contributed by atoms with Gasteiger partial charge in [0.05, 0.1) is 0 Å². The predicted molar refractivity (Wildman–Crippen MR) is 117 cm³/mol. The molecule has 0 radical (unpaired) electrons. The number of benzene rings is 1. The molecule has 166 valence electrons. The maximum absolute atomic E-state index is 12.3. The predicted octanol–water partition coefficient (Wildman–Crippen LogP) is 2.02. The van der Waals surface area contributed by atoms with E-state index in [2.05, 4.69) is 15.3 Å². The smallest absolute Gasteiger partial charge is 0.332 e. The minimum absolute atomic E-state index is 0.148. The molecule has 4 rings (SSSR count). The second kappa shape index (κ2) is 8.58. The van der Waals surface area contributed by atoms with Crippen molar-refractivity contribution in [1.29, 1.82) is 0 Å². The van der Waals surface area contributed by atoms with Gasteiger partial charge in [0, 0.05) is 33.1 Å². The number of nitrogens with one attached hydrogen (secondary N) is 2. The SMILES string of the molecule is Cc1ccc(Oc2ccc(C(=O)NCCCc3nc4c([nH]3)c(=O)n(C)c(=O)n4C)o2)cc1. The zero-order valence-electron chi connectivity index (χ0n) is 18.0. The van der Waals surface area contributed by atoms with Crippen molar-refractivity contribution in [3.05, 3.63) is 74.4 Å². The molecule has 32 heavy (non-hydrogen) atoms. The Hall–Kier alpha value is -4.08. The highest BCUT2D eigenvalue weighted by molar-refractivity contribution is 5.91. The quantitative estimate of drug-likeness (QED) is 0.426. The molecule has 3 aromatic heterocycles. The highest BCUT2D eigenvalue weighted by Gasteiger charge is 2.14. The van der Waals surface area contributed by atoms with E-state index in [1.54, 1.807) is 19.2 Å². The number of rotatable bonds is 7. The molecule has 4 aromatic rings. The molecule has 0 aliphatic heterocycles. The maximum atomic E-state index is 12.3. The van der Waals surface area contributed by atoms with Crippen molar-refractivity contribution in [2.45, 2.75) is 19.8 Å². The van der Waals surface area contributed by atoms with Crippen molar-refractivity contribution in [3.8, 4) is 11.7 Å². The molecule has 1 aromatic carbocycles.